The average molecular weight is 328 g/mol. The molecule has 1 rings (SSSR count). The normalized spacial score (nSPS) is 14.3. The standard InChI is InChI=1S/C8H10NO5S4/c1-17(10,11)14-7(6-15)5-9-18(12,13)8-3-2-4-16-8/h2-4,7,9H,5H2,1H3. The minimum Gasteiger partial charge on any atom is -0.260 e. The van der Waals surface area contributed by atoms with Gasteiger partial charge in [0.15, 0.2) is 0 Å². The number of hydrogen-bond donors (Lipinski definition) is 1. The van der Waals surface area contributed by atoms with E-state index in [1.165, 1.54) is 6.07 Å². The minimum atomic E-state index is -3.72. The number of rotatable bonds is 7. The van der Waals surface area contributed by atoms with Gasteiger partial charge in [-0.1, -0.05) is 18.3 Å². The SMILES string of the molecule is CS(=O)(=O)OC([C]=S)CNS(=O)(=O)c1cccs1. The van der Waals surface area contributed by atoms with Gasteiger partial charge in [0.05, 0.1) is 11.6 Å². The molecule has 10 heteroatoms. The molecule has 1 unspecified atom stereocenters. The summed E-state index contributed by atoms with van der Waals surface area (Å²) in [6.45, 7) is -0.295. The summed E-state index contributed by atoms with van der Waals surface area (Å²) in [6.07, 6.45) is -0.287. The van der Waals surface area contributed by atoms with Crippen molar-refractivity contribution in [3.8, 4) is 0 Å². The van der Waals surface area contributed by atoms with Gasteiger partial charge in [-0.25, -0.2) is 13.1 Å². The van der Waals surface area contributed by atoms with Crippen LogP contribution in [-0.2, 0) is 24.3 Å². The third-order valence-electron chi connectivity index (χ3n) is 1.64. The van der Waals surface area contributed by atoms with Crippen LogP contribution in [0.4, 0.5) is 0 Å². The van der Waals surface area contributed by atoms with Crippen LogP contribution < -0.4 is 4.72 Å². The minimum absolute atomic E-state index is 0.130. The second kappa shape index (κ2) is 6.17. The maximum absolute atomic E-state index is 11.7. The van der Waals surface area contributed by atoms with Crippen molar-refractivity contribution < 1.29 is 21.0 Å². The summed E-state index contributed by atoms with van der Waals surface area (Å²) in [5.41, 5.74) is 0. The molecule has 1 aromatic rings. The number of thiophene rings is 1. The molecular formula is C8H10NO5S4. The Balaban J connectivity index is 2.67. The lowest BCUT2D eigenvalue weighted by atomic mass is 10.4. The lowest BCUT2D eigenvalue weighted by Crippen LogP contribution is -2.35. The van der Waals surface area contributed by atoms with E-state index in [0.29, 0.717) is 0 Å². The van der Waals surface area contributed by atoms with E-state index in [1.54, 1.807) is 11.4 Å². The maximum Gasteiger partial charge on any atom is 0.265 e. The predicted octanol–water partition coefficient (Wildman–Crippen LogP) is 0.248. The van der Waals surface area contributed by atoms with Gasteiger partial charge in [0, 0.05) is 6.54 Å². The van der Waals surface area contributed by atoms with E-state index in [2.05, 4.69) is 26.5 Å². The molecule has 0 amide bonds. The quantitative estimate of drug-likeness (QED) is 0.570. The van der Waals surface area contributed by atoms with Gasteiger partial charge in [0.1, 0.15) is 10.3 Å². The highest BCUT2D eigenvalue weighted by Crippen LogP contribution is 2.15. The summed E-state index contributed by atoms with van der Waals surface area (Å²) in [6, 6.07) is 3.02. The van der Waals surface area contributed by atoms with Gasteiger partial charge >= 0.3 is 0 Å². The Morgan fingerprint density at radius 2 is 2.17 bits per heavy atom. The molecule has 0 fully saturated rings. The second-order valence-corrected chi connectivity index (χ2v) is 7.97. The molecule has 1 atom stereocenters. The molecular weight excluding hydrogens is 318 g/mol. The average Bonchev–Trinajstić information content (AvgIpc) is 2.76. The molecule has 18 heavy (non-hydrogen) atoms. The van der Waals surface area contributed by atoms with Crippen LogP contribution in [0.5, 0.6) is 0 Å². The number of nitrogens with one attached hydrogen (secondary N) is 1. The van der Waals surface area contributed by atoms with Crippen LogP contribution in [0.15, 0.2) is 21.7 Å². The first kappa shape index (κ1) is 15.7. The Labute approximate surface area is 115 Å². The predicted molar refractivity (Wildman–Crippen MR) is 71.8 cm³/mol. The number of hydrogen-bond acceptors (Lipinski definition) is 7. The molecule has 0 aliphatic heterocycles. The smallest absolute Gasteiger partial charge is 0.260 e. The summed E-state index contributed by atoms with van der Waals surface area (Å²) in [5, 5.41) is 3.75. The van der Waals surface area contributed by atoms with Crippen LogP contribution in [-0.4, -0.2) is 41.1 Å². The molecule has 101 valence electrons. The Hall–Kier alpha value is -0.390. The van der Waals surface area contributed by atoms with Crippen molar-refractivity contribution in [2.45, 2.75) is 10.3 Å². The summed E-state index contributed by atoms with van der Waals surface area (Å²) >= 11 is 5.50. The molecule has 0 bridgehead atoms. The molecule has 1 N–H and O–H groups in total. The van der Waals surface area contributed by atoms with Crippen molar-refractivity contribution in [1.82, 2.24) is 4.72 Å². The van der Waals surface area contributed by atoms with Gasteiger partial charge in [-0.05, 0) is 11.4 Å². The fourth-order valence-electron chi connectivity index (χ4n) is 0.979. The van der Waals surface area contributed by atoms with Crippen LogP contribution in [0.25, 0.3) is 0 Å². The first-order valence-electron chi connectivity index (χ1n) is 4.54. The molecule has 0 aliphatic rings. The highest BCUT2D eigenvalue weighted by Gasteiger charge is 2.19. The van der Waals surface area contributed by atoms with Crippen molar-refractivity contribution >= 4 is 49.1 Å². The summed E-state index contributed by atoms with van der Waals surface area (Å²) in [7, 11) is -7.39. The molecule has 0 saturated carbocycles. The summed E-state index contributed by atoms with van der Waals surface area (Å²) in [5.74, 6) is 0. The Bertz CT molecular complexity index is 589. The molecule has 0 aliphatic carbocycles. The van der Waals surface area contributed by atoms with Crippen molar-refractivity contribution in [1.29, 1.82) is 0 Å². The zero-order valence-corrected chi connectivity index (χ0v) is 12.5. The summed E-state index contributed by atoms with van der Waals surface area (Å²) in [4.78, 5) is 0. The van der Waals surface area contributed by atoms with E-state index in [9.17, 15) is 16.8 Å². The zero-order chi connectivity index (χ0) is 13.8. The van der Waals surface area contributed by atoms with Crippen molar-refractivity contribution in [3.63, 3.8) is 0 Å². The van der Waals surface area contributed by atoms with Crippen LogP contribution in [0, 0.1) is 0 Å². The van der Waals surface area contributed by atoms with Crippen LogP contribution in [0.1, 0.15) is 0 Å². The third kappa shape index (κ3) is 5.08. The van der Waals surface area contributed by atoms with Crippen molar-refractivity contribution in [2.24, 2.45) is 0 Å². The Morgan fingerprint density at radius 1 is 1.50 bits per heavy atom. The molecule has 0 spiro atoms. The second-order valence-electron chi connectivity index (χ2n) is 3.19. The first-order valence-corrected chi connectivity index (χ1v) is 9.12. The van der Waals surface area contributed by atoms with Crippen LogP contribution in [0.2, 0.25) is 0 Å². The van der Waals surface area contributed by atoms with Gasteiger partial charge in [-0.3, -0.25) is 4.18 Å². The van der Waals surface area contributed by atoms with Crippen molar-refractivity contribution in [3.05, 3.63) is 17.5 Å². The van der Waals surface area contributed by atoms with Gasteiger partial charge in [0.25, 0.3) is 10.1 Å². The molecule has 0 saturated heterocycles. The van der Waals surface area contributed by atoms with Gasteiger partial charge in [0.2, 0.25) is 10.0 Å². The van der Waals surface area contributed by atoms with E-state index in [-0.39, 0.29) is 10.8 Å². The van der Waals surface area contributed by atoms with E-state index in [4.69, 9.17) is 0 Å². The first-order chi connectivity index (χ1) is 8.24. The lowest BCUT2D eigenvalue weighted by Gasteiger charge is -2.11. The van der Waals surface area contributed by atoms with Crippen LogP contribution in [0.3, 0.4) is 0 Å². The largest absolute Gasteiger partial charge is 0.265 e. The van der Waals surface area contributed by atoms with Gasteiger partial charge in [-0.15, -0.1) is 11.3 Å². The third-order valence-corrected chi connectivity index (χ3v) is 5.31. The van der Waals surface area contributed by atoms with E-state index < -0.39 is 26.2 Å². The van der Waals surface area contributed by atoms with Crippen molar-refractivity contribution in [2.75, 3.05) is 12.8 Å². The van der Waals surface area contributed by atoms with Gasteiger partial charge in [-0.2, -0.15) is 8.42 Å². The fourth-order valence-corrected chi connectivity index (χ4v) is 3.78. The lowest BCUT2D eigenvalue weighted by molar-refractivity contribution is 0.283. The number of sulfonamides is 1. The molecule has 1 radical (unpaired) electrons. The maximum atomic E-state index is 11.7. The van der Waals surface area contributed by atoms with E-state index in [1.807, 2.05) is 0 Å². The highest BCUT2D eigenvalue weighted by atomic mass is 32.2. The Morgan fingerprint density at radius 3 is 2.61 bits per heavy atom. The summed E-state index contributed by atoms with van der Waals surface area (Å²) < 4.78 is 52.0. The van der Waals surface area contributed by atoms with Crippen LogP contribution >= 0.6 is 23.6 Å². The Kier molecular flexibility index (Phi) is 5.37. The monoisotopic (exact) mass is 328 g/mol. The molecule has 1 aromatic heterocycles. The van der Waals surface area contributed by atoms with E-state index >= 15 is 0 Å². The molecule has 0 aromatic carbocycles. The van der Waals surface area contributed by atoms with Gasteiger partial charge < -0.3 is 0 Å². The molecule has 6 nitrogen and oxygen atoms in total. The number of thiocarbonyl (C=S) groups is 1. The highest BCUT2D eigenvalue weighted by molar-refractivity contribution is 7.91. The zero-order valence-electron chi connectivity index (χ0n) is 9.19. The fraction of sp³-hybridized carbons (Fsp3) is 0.375. The molecule has 1 heterocycles. The topological polar surface area (TPSA) is 89.5 Å². The van der Waals surface area contributed by atoms with E-state index in [0.717, 1.165) is 17.6 Å².